The normalized spacial score (nSPS) is 13.1. The molecule has 1 rings (SSSR count). The number of aromatic nitrogens is 2. The summed E-state index contributed by atoms with van der Waals surface area (Å²) in [5.74, 6) is 0.400. The lowest BCUT2D eigenvalue weighted by atomic mass is 10.2. The van der Waals surface area contributed by atoms with Crippen molar-refractivity contribution >= 4 is 32.9 Å². The molecule has 1 aromatic heterocycles. The van der Waals surface area contributed by atoms with Gasteiger partial charge in [0.05, 0.1) is 17.5 Å². The van der Waals surface area contributed by atoms with Gasteiger partial charge in [0.15, 0.2) is 5.82 Å². The van der Waals surface area contributed by atoms with E-state index in [0.29, 0.717) is 11.4 Å². The minimum absolute atomic E-state index is 0.000345. The van der Waals surface area contributed by atoms with Gasteiger partial charge < -0.3 is 11.1 Å². The summed E-state index contributed by atoms with van der Waals surface area (Å²) in [6.45, 7) is 1.74. The highest BCUT2D eigenvalue weighted by Gasteiger charge is 2.13. The summed E-state index contributed by atoms with van der Waals surface area (Å²) in [4.78, 5) is 0.189. The fraction of sp³-hybridized carbons (Fsp3) is 0.444. The first-order valence-electron chi connectivity index (χ1n) is 4.85. The fourth-order valence-corrected chi connectivity index (χ4v) is 2.52. The van der Waals surface area contributed by atoms with Crippen LogP contribution < -0.4 is 11.1 Å². The molecule has 1 atom stereocenters. The second kappa shape index (κ2) is 5.37. The summed E-state index contributed by atoms with van der Waals surface area (Å²) < 4.78 is 22.2. The van der Waals surface area contributed by atoms with Crippen molar-refractivity contribution in [1.82, 2.24) is 10.2 Å². The van der Waals surface area contributed by atoms with E-state index in [-0.39, 0.29) is 16.8 Å². The summed E-state index contributed by atoms with van der Waals surface area (Å²) in [6.07, 6.45) is 2.65. The summed E-state index contributed by atoms with van der Waals surface area (Å²) in [6, 6.07) is 1.33. The van der Waals surface area contributed by atoms with E-state index >= 15 is 0 Å². The van der Waals surface area contributed by atoms with Crippen LogP contribution in [0.15, 0.2) is 12.3 Å². The van der Waals surface area contributed by atoms with Crippen molar-refractivity contribution in [1.29, 1.82) is 0 Å². The molecule has 0 aliphatic rings. The molecule has 0 spiro atoms. The Kier molecular flexibility index (Phi) is 4.35. The molecule has 94 valence electrons. The van der Waals surface area contributed by atoms with Crippen LogP contribution in [0, 0.1) is 0 Å². The van der Waals surface area contributed by atoms with Crippen LogP contribution in [0.5, 0.6) is 0 Å². The maximum Gasteiger partial charge on any atom is 0.159 e. The number of hydrogen-bond acceptors (Lipinski definition) is 6. The van der Waals surface area contributed by atoms with Gasteiger partial charge in [0.1, 0.15) is 14.8 Å². The molecule has 1 aromatic rings. The van der Waals surface area contributed by atoms with E-state index in [0.717, 1.165) is 0 Å². The average molecular weight is 274 g/mol. The molecule has 8 heteroatoms. The molecule has 17 heavy (non-hydrogen) atoms. The van der Waals surface area contributed by atoms with Gasteiger partial charge in [-0.25, -0.2) is 8.42 Å². The molecule has 1 heterocycles. The molecule has 0 radical (unpaired) electrons. The first kappa shape index (κ1) is 13.8. The molecule has 3 N–H and O–H groups in total. The molecule has 0 amide bonds. The zero-order valence-electron chi connectivity index (χ0n) is 9.54. The Hall–Kier alpha value is -1.28. The average Bonchev–Trinajstić information content (AvgIpc) is 2.14. The number of sulfone groups is 1. The molecular formula is C9H14N4O2S2. The topological polar surface area (TPSA) is 98.0 Å². The van der Waals surface area contributed by atoms with Crippen LogP contribution >= 0.6 is 12.2 Å². The first-order chi connectivity index (χ1) is 7.79. The molecule has 0 saturated carbocycles. The van der Waals surface area contributed by atoms with Gasteiger partial charge in [0.2, 0.25) is 0 Å². The van der Waals surface area contributed by atoms with Gasteiger partial charge in [0, 0.05) is 12.3 Å². The Balaban J connectivity index is 2.85. The third-order valence-electron chi connectivity index (χ3n) is 1.92. The molecule has 1 unspecified atom stereocenters. The summed E-state index contributed by atoms with van der Waals surface area (Å²) in [5.41, 5.74) is 6.07. The maximum atomic E-state index is 11.1. The first-order valence-corrected chi connectivity index (χ1v) is 7.32. The van der Waals surface area contributed by atoms with Crippen LogP contribution in [0.4, 0.5) is 5.82 Å². The summed E-state index contributed by atoms with van der Waals surface area (Å²) in [5, 5.41) is 10.5. The molecular weight excluding hydrogens is 260 g/mol. The fourth-order valence-electron chi connectivity index (χ4n) is 1.37. The van der Waals surface area contributed by atoms with Gasteiger partial charge in [-0.2, -0.15) is 5.10 Å². The molecule has 0 bridgehead atoms. The number of nitrogens with zero attached hydrogens (tertiary/aromatic N) is 2. The molecule has 0 aliphatic heterocycles. The number of anilines is 1. The van der Waals surface area contributed by atoms with E-state index in [1.165, 1.54) is 12.5 Å². The predicted molar refractivity (Wildman–Crippen MR) is 70.7 cm³/mol. The van der Waals surface area contributed by atoms with Crippen molar-refractivity contribution in [2.75, 3.05) is 17.3 Å². The van der Waals surface area contributed by atoms with E-state index in [9.17, 15) is 8.42 Å². The summed E-state index contributed by atoms with van der Waals surface area (Å²) >= 11 is 4.86. The highest BCUT2D eigenvalue weighted by atomic mass is 32.2. The number of hydrogen-bond donors (Lipinski definition) is 2. The van der Waals surface area contributed by atoms with Gasteiger partial charge in [-0.3, -0.25) is 0 Å². The highest BCUT2D eigenvalue weighted by molar-refractivity contribution is 7.90. The van der Waals surface area contributed by atoms with Crippen molar-refractivity contribution in [3.05, 3.63) is 17.8 Å². The van der Waals surface area contributed by atoms with E-state index in [4.69, 9.17) is 18.0 Å². The Labute approximate surface area is 106 Å². The van der Waals surface area contributed by atoms with Crippen molar-refractivity contribution in [3.8, 4) is 0 Å². The molecule has 0 saturated heterocycles. The van der Waals surface area contributed by atoms with Crippen molar-refractivity contribution in [2.45, 2.75) is 13.0 Å². The smallest absolute Gasteiger partial charge is 0.159 e. The quantitative estimate of drug-likeness (QED) is 0.727. The second-order valence-corrected chi connectivity index (χ2v) is 6.42. The standard InChI is InChI=1S/C9H14N4O2S2/c1-6(5-17(2,14)15)12-9-7(8(10)16)3-4-11-13-9/h3-4,6H,5H2,1-2H3,(H2,10,16)(H,12,13). The zero-order chi connectivity index (χ0) is 13.1. The Bertz CT molecular complexity index is 515. The zero-order valence-corrected chi connectivity index (χ0v) is 11.2. The van der Waals surface area contributed by atoms with Crippen molar-refractivity contribution in [2.24, 2.45) is 5.73 Å². The lowest BCUT2D eigenvalue weighted by molar-refractivity contribution is 0.598. The third-order valence-corrected chi connectivity index (χ3v) is 3.25. The highest BCUT2D eigenvalue weighted by Crippen LogP contribution is 2.11. The lowest BCUT2D eigenvalue weighted by Crippen LogP contribution is -2.27. The SMILES string of the molecule is CC(CS(C)(=O)=O)Nc1nnccc1C(N)=S. The molecule has 0 fully saturated rings. The number of nitrogens with one attached hydrogen (secondary N) is 1. The Morgan fingerprint density at radius 3 is 2.82 bits per heavy atom. The van der Waals surface area contributed by atoms with Gasteiger partial charge in [-0.1, -0.05) is 12.2 Å². The second-order valence-electron chi connectivity index (χ2n) is 3.80. The van der Waals surface area contributed by atoms with Gasteiger partial charge in [0.25, 0.3) is 0 Å². The number of nitrogens with two attached hydrogens (primary N) is 1. The van der Waals surface area contributed by atoms with Crippen molar-refractivity contribution < 1.29 is 8.42 Å². The van der Waals surface area contributed by atoms with Crippen LogP contribution in [-0.2, 0) is 9.84 Å². The van der Waals surface area contributed by atoms with Crippen molar-refractivity contribution in [3.63, 3.8) is 0 Å². The van der Waals surface area contributed by atoms with Gasteiger partial charge >= 0.3 is 0 Å². The number of thiocarbonyl (C=S) groups is 1. The largest absolute Gasteiger partial charge is 0.389 e. The lowest BCUT2D eigenvalue weighted by Gasteiger charge is -2.14. The molecule has 0 aromatic carbocycles. The van der Waals surface area contributed by atoms with E-state index in [1.54, 1.807) is 13.0 Å². The van der Waals surface area contributed by atoms with E-state index in [1.807, 2.05) is 0 Å². The molecule has 0 aliphatic carbocycles. The minimum atomic E-state index is -3.05. The van der Waals surface area contributed by atoms with E-state index in [2.05, 4.69) is 15.5 Å². The van der Waals surface area contributed by atoms with Crippen LogP contribution in [0.2, 0.25) is 0 Å². The van der Waals surface area contributed by atoms with Crippen LogP contribution in [0.3, 0.4) is 0 Å². The van der Waals surface area contributed by atoms with Gasteiger partial charge in [-0.05, 0) is 13.0 Å². The van der Waals surface area contributed by atoms with Gasteiger partial charge in [-0.15, -0.1) is 5.10 Å². The Morgan fingerprint density at radius 1 is 1.65 bits per heavy atom. The molecule has 6 nitrogen and oxygen atoms in total. The monoisotopic (exact) mass is 274 g/mol. The Morgan fingerprint density at radius 2 is 2.29 bits per heavy atom. The predicted octanol–water partition coefficient (Wildman–Crippen LogP) is -0.0442. The van der Waals surface area contributed by atoms with E-state index < -0.39 is 9.84 Å². The van der Waals surface area contributed by atoms with Crippen LogP contribution in [0.1, 0.15) is 12.5 Å². The number of rotatable bonds is 5. The maximum absolute atomic E-state index is 11.1. The minimum Gasteiger partial charge on any atom is -0.389 e. The third kappa shape index (κ3) is 4.61. The summed E-state index contributed by atoms with van der Waals surface area (Å²) in [7, 11) is -3.05. The van der Waals surface area contributed by atoms with Crippen LogP contribution in [-0.4, -0.2) is 41.7 Å². The van der Waals surface area contributed by atoms with Crippen LogP contribution in [0.25, 0.3) is 0 Å².